The number of amides is 1. The molecule has 1 amide bonds. The molecule has 1 N–H and O–H groups in total. The maximum atomic E-state index is 12.8. The van der Waals surface area contributed by atoms with E-state index in [4.69, 9.17) is 9.47 Å². The van der Waals surface area contributed by atoms with E-state index in [-0.39, 0.29) is 5.91 Å². The standard InChI is InChI=1S/C20H32N2O3/c1-4-14-25-18-7-6-17(15-19(18)24-5-2)20(23)22-12-9-16(10-13-22)8-11-21-3/h6-7,15-16,21H,4-5,8-14H2,1-3H3. The molecule has 1 aliphatic rings. The molecule has 2 rings (SSSR count). The van der Waals surface area contributed by atoms with E-state index < -0.39 is 0 Å². The van der Waals surface area contributed by atoms with Crippen LogP contribution in [0.5, 0.6) is 11.5 Å². The molecule has 0 bridgehead atoms. The highest BCUT2D eigenvalue weighted by atomic mass is 16.5. The molecule has 0 spiro atoms. The molecule has 0 aliphatic carbocycles. The van der Waals surface area contributed by atoms with Crippen LogP contribution in [0.3, 0.4) is 0 Å². The van der Waals surface area contributed by atoms with Crippen LogP contribution in [0.2, 0.25) is 0 Å². The van der Waals surface area contributed by atoms with Crippen LogP contribution in [-0.2, 0) is 0 Å². The van der Waals surface area contributed by atoms with Crippen LogP contribution in [0.25, 0.3) is 0 Å². The van der Waals surface area contributed by atoms with Gasteiger partial charge in [-0.3, -0.25) is 4.79 Å². The van der Waals surface area contributed by atoms with Gasteiger partial charge in [0.15, 0.2) is 11.5 Å². The summed E-state index contributed by atoms with van der Waals surface area (Å²) in [7, 11) is 1.99. The molecule has 0 aromatic heterocycles. The molecule has 1 aromatic carbocycles. The quantitative estimate of drug-likeness (QED) is 0.744. The molecule has 0 radical (unpaired) electrons. The maximum absolute atomic E-state index is 12.8. The molecule has 1 saturated heterocycles. The highest BCUT2D eigenvalue weighted by Gasteiger charge is 2.24. The third-order valence-electron chi connectivity index (χ3n) is 4.66. The summed E-state index contributed by atoms with van der Waals surface area (Å²) < 4.78 is 11.4. The zero-order valence-electron chi connectivity index (χ0n) is 15.8. The number of piperidine rings is 1. The molecular formula is C20H32N2O3. The second kappa shape index (κ2) is 10.3. The van der Waals surface area contributed by atoms with E-state index in [0.717, 1.165) is 44.8 Å². The van der Waals surface area contributed by atoms with Gasteiger partial charge in [0.2, 0.25) is 0 Å². The highest BCUT2D eigenvalue weighted by molar-refractivity contribution is 5.95. The van der Waals surface area contributed by atoms with Gasteiger partial charge < -0.3 is 19.7 Å². The number of ether oxygens (including phenoxy) is 2. The Morgan fingerprint density at radius 3 is 2.60 bits per heavy atom. The van der Waals surface area contributed by atoms with Crippen molar-refractivity contribution in [2.75, 3.05) is 39.9 Å². The minimum Gasteiger partial charge on any atom is -0.490 e. The molecule has 5 nitrogen and oxygen atoms in total. The molecular weight excluding hydrogens is 316 g/mol. The van der Waals surface area contributed by atoms with Crippen molar-refractivity contribution in [1.82, 2.24) is 10.2 Å². The summed E-state index contributed by atoms with van der Waals surface area (Å²) in [5.41, 5.74) is 0.681. The lowest BCUT2D eigenvalue weighted by Gasteiger charge is -2.32. The summed E-state index contributed by atoms with van der Waals surface area (Å²) in [6.07, 6.45) is 4.30. The molecule has 1 aromatic rings. The Bertz CT molecular complexity index is 540. The number of carbonyl (C=O) groups excluding carboxylic acids is 1. The fourth-order valence-corrected chi connectivity index (χ4v) is 3.20. The van der Waals surface area contributed by atoms with Gasteiger partial charge in [-0.2, -0.15) is 0 Å². The van der Waals surface area contributed by atoms with Gasteiger partial charge >= 0.3 is 0 Å². The lowest BCUT2D eigenvalue weighted by molar-refractivity contribution is 0.0686. The SMILES string of the molecule is CCCOc1ccc(C(=O)N2CCC(CCNC)CC2)cc1OCC. The van der Waals surface area contributed by atoms with Crippen LogP contribution >= 0.6 is 0 Å². The van der Waals surface area contributed by atoms with Gasteiger partial charge in [-0.15, -0.1) is 0 Å². The molecule has 1 aliphatic heterocycles. The van der Waals surface area contributed by atoms with E-state index in [9.17, 15) is 4.79 Å². The summed E-state index contributed by atoms with van der Waals surface area (Å²) in [6.45, 7) is 7.93. The summed E-state index contributed by atoms with van der Waals surface area (Å²) in [5.74, 6) is 2.19. The molecule has 1 heterocycles. The minimum absolute atomic E-state index is 0.0926. The molecule has 1 fully saturated rings. The number of nitrogens with one attached hydrogen (secondary N) is 1. The topological polar surface area (TPSA) is 50.8 Å². The molecule has 5 heteroatoms. The summed E-state index contributed by atoms with van der Waals surface area (Å²) in [5, 5.41) is 3.21. The molecule has 25 heavy (non-hydrogen) atoms. The summed E-state index contributed by atoms with van der Waals surface area (Å²) in [6, 6.07) is 5.53. The Labute approximate surface area is 151 Å². The number of carbonyl (C=O) groups is 1. The number of likely N-dealkylation sites (tertiary alicyclic amines) is 1. The van der Waals surface area contributed by atoms with E-state index in [2.05, 4.69) is 12.2 Å². The smallest absolute Gasteiger partial charge is 0.253 e. The van der Waals surface area contributed by atoms with Gasteiger partial charge in [-0.25, -0.2) is 0 Å². The lowest BCUT2D eigenvalue weighted by Crippen LogP contribution is -2.39. The third-order valence-corrected chi connectivity index (χ3v) is 4.66. The van der Waals surface area contributed by atoms with E-state index in [1.54, 1.807) is 0 Å². The van der Waals surface area contributed by atoms with Crippen LogP contribution in [-0.4, -0.2) is 50.7 Å². The number of rotatable bonds is 9. The normalized spacial score (nSPS) is 15.2. The van der Waals surface area contributed by atoms with Crippen molar-refractivity contribution < 1.29 is 14.3 Å². The first kappa shape index (κ1) is 19.6. The van der Waals surface area contributed by atoms with Crippen molar-refractivity contribution in [2.45, 2.75) is 39.5 Å². The Balaban J connectivity index is 2.00. The van der Waals surface area contributed by atoms with Crippen LogP contribution < -0.4 is 14.8 Å². The fourth-order valence-electron chi connectivity index (χ4n) is 3.20. The van der Waals surface area contributed by atoms with Crippen molar-refractivity contribution in [3.63, 3.8) is 0 Å². The maximum Gasteiger partial charge on any atom is 0.253 e. The summed E-state index contributed by atoms with van der Waals surface area (Å²) in [4.78, 5) is 14.8. The molecule has 0 saturated carbocycles. The Morgan fingerprint density at radius 1 is 1.20 bits per heavy atom. The second-order valence-corrected chi connectivity index (χ2v) is 6.57. The van der Waals surface area contributed by atoms with Crippen molar-refractivity contribution in [3.8, 4) is 11.5 Å². The number of nitrogens with zero attached hydrogens (tertiary/aromatic N) is 1. The number of hydrogen-bond donors (Lipinski definition) is 1. The number of benzene rings is 1. The predicted molar refractivity (Wildman–Crippen MR) is 101 cm³/mol. The van der Waals surface area contributed by atoms with Crippen molar-refractivity contribution in [2.24, 2.45) is 5.92 Å². The Hall–Kier alpha value is -1.75. The number of hydrogen-bond acceptors (Lipinski definition) is 4. The largest absolute Gasteiger partial charge is 0.490 e. The average Bonchev–Trinajstić information content (AvgIpc) is 2.65. The van der Waals surface area contributed by atoms with Gasteiger partial charge in [0.05, 0.1) is 13.2 Å². The van der Waals surface area contributed by atoms with E-state index in [1.165, 1.54) is 6.42 Å². The first-order valence-corrected chi connectivity index (χ1v) is 9.53. The lowest BCUT2D eigenvalue weighted by atomic mass is 9.93. The van der Waals surface area contributed by atoms with Crippen LogP contribution in [0.1, 0.15) is 49.9 Å². The Kier molecular flexibility index (Phi) is 8.06. The van der Waals surface area contributed by atoms with Crippen molar-refractivity contribution in [3.05, 3.63) is 23.8 Å². The van der Waals surface area contributed by atoms with Crippen molar-refractivity contribution in [1.29, 1.82) is 0 Å². The highest BCUT2D eigenvalue weighted by Crippen LogP contribution is 2.30. The first-order chi connectivity index (χ1) is 12.2. The predicted octanol–water partition coefficient (Wildman–Crippen LogP) is 3.34. The van der Waals surface area contributed by atoms with Crippen LogP contribution in [0, 0.1) is 5.92 Å². The molecule has 140 valence electrons. The average molecular weight is 348 g/mol. The van der Waals surface area contributed by atoms with E-state index in [0.29, 0.717) is 30.3 Å². The van der Waals surface area contributed by atoms with Gasteiger partial charge in [0, 0.05) is 18.7 Å². The van der Waals surface area contributed by atoms with E-state index in [1.807, 2.05) is 37.1 Å². The summed E-state index contributed by atoms with van der Waals surface area (Å²) >= 11 is 0. The third kappa shape index (κ3) is 5.63. The van der Waals surface area contributed by atoms with Gasteiger partial charge in [-0.1, -0.05) is 6.92 Å². The monoisotopic (exact) mass is 348 g/mol. The Morgan fingerprint density at radius 2 is 1.96 bits per heavy atom. The minimum atomic E-state index is 0.0926. The van der Waals surface area contributed by atoms with Gasteiger partial charge in [0.25, 0.3) is 5.91 Å². The zero-order valence-corrected chi connectivity index (χ0v) is 15.8. The second-order valence-electron chi connectivity index (χ2n) is 6.57. The first-order valence-electron chi connectivity index (χ1n) is 9.53. The van der Waals surface area contributed by atoms with Gasteiger partial charge in [0.1, 0.15) is 0 Å². The van der Waals surface area contributed by atoms with Crippen molar-refractivity contribution >= 4 is 5.91 Å². The molecule has 0 unspecified atom stereocenters. The van der Waals surface area contributed by atoms with E-state index >= 15 is 0 Å². The molecule has 0 atom stereocenters. The zero-order chi connectivity index (χ0) is 18.1. The van der Waals surface area contributed by atoms with Crippen LogP contribution in [0.15, 0.2) is 18.2 Å². The van der Waals surface area contributed by atoms with Gasteiger partial charge in [-0.05, 0) is 70.3 Å². The van der Waals surface area contributed by atoms with Crippen LogP contribution in [0.4, 0.5) is 0 Å². The fraction of sp³-hybridized carbons (Fsp3) is 0.650.